The van der Waals surface area contributed by atoms with Crippen molar-refractivity contribution in [3.8, 4) is 0 Å². The topological polar surface area (TPSA) is 64.3 Å². The molecule has 19 heavy (non-hydrogen) atoms. The molecule has 100 valence electrons. The minimum absolute atomic E-state index is 0. The number of fused-ring (bicyclic) bond motifs is 1. The van der Waals surface area contributed by atoms with Gasteiger partial charge in [0.05, 0.1) is 16.7 Å². The van der Waals surface area contributed by atoms with Crippen LogP contribution in [0.25, 0.3) is 5.76 Å². The fourth-order valence-corrected chi connectivity index (χ4v) is 2.24. The molecule has 2 rings (SSSR count). The summed E-state index contributed by atoms with van der Waals surface area (Å²) in [6.07, 6.45) is 0. The van der Waals surface area contributed by atoms with Crippen LogP contribution in [0, 0.1) is 6.92 Å². The van der Waals surface area contributed by atoms with Gasteiger partial charge in [0.15, 0.2) is 5.76 Å². The Labute approximate surface area is 143 Å². The Morgan fingerprint density at radius 2 is 2.11 bits per heavy atom. The molecule has 0 radical (unpaired) electrons. The second kappa shape index (κ2) is 5.60. The fourth-order valence-electron chi connectivity index (χ4n) is 1.77. The van der Waals surface area contributed by atoms with Crippen molar-refractivity contribution >= 4 is 27.7 Å². The second-order valence-corrected chi connectivity index (χ2v) is 6.03. The summed E-state index contributed by atoms with van der Waals surface area (Å²) >= 11 is 3.35. The number of aliphatic hydroxyl groups excluding tert-OH is 1. The standard InChI is InChI=1S/C12H15BrN2O3.Na.H/c1-6-8(13)9-10(16)7(5-15(9)14-6)11(17)18-12(2,3)4;;/h16H,5H2,1-4H3;;/q;+1;-1. The van der Waals surface area contributed by atoms with Crippen molar-refractivity contribution < 1.29 is 45.6 Å². The number of aliphatic hydroxyl groups is 1. The summed E-state index contributed by atoms with van der Waals surface area (Å²) in [4.78, 5) is 11.9. The van der Waals surface area contributed by atoms with Crippen LogP contribution < -0.4 is 29.6 Å². The van der Waals surface area contributed by atoms with Crippen molar-refractivity contribution in [1.82, 2.24) is 9.78 Å². The Balaban J connectivity index is 0.00000180. The second-order valence-electron chi connectivity index (χ2n) is 5.23. The first-order valence-corrected chi connectivity index (χ1v) is 6.38. The zero-order valence-electron chi connectivity index (χ0n) is 12.7. The van der Waals surface area contributed by atoms with Crippen LogP contribution in [0.3, 0.4) is 0 Å². The Morgan fingerprint density at radius 3 is 2.58 bits per heavy atom. The first kappa shape index (κ1) is 16.8. The normalized spacial score (nSPS) is 14.2. The molecule has 0 saturated heterocycles. The average molecular weight is 339 g/mol. The Morgan fingerprint density at radius 1 is 1.53 bits per heavy atom. The van der Waals surface area contributed by atoms with Crippen LogP contribution in [0.4, 0.5) is 0 Å². The predicted molar refractivity (Wildman–Crippen MR) is 71.2 cm³/mol. The molecule has 0 atom stereocenters. The third-order valence-corrected chi connectivity index (χ3v) is 3.47. The van der Waals surface area contributed by atoms with E-state index in [9.17, 15) is 9.90 Å². The molecule has 0 aliphatic carbocycles. The maximum absolute atomic E-state index is 11.9. The number of aromatic nitrogens is 2. The number of rotatable bonds is 1. The van der Waals surface area contributed by atoms with E-state index in [-0.39, 0.29) is 48.9 Å². The third-order valence-electron chi connectivity index (χ3n) is 2.52. The molecule has 0 bridgehead atoms. The van der Waals surface area contributed by atoms with Gasteiger partial charge in [-0.2, -0.15) is 5.10 Å². The van der Waals surface area contributed by atoms with E-state index in [1.54, 1.807) is 25.5 Å². The van der Waals surface area contributed by atoms with Crippen LogP contribution in [-0.4, -0.2) is 26.5 Å². The zero-order valence-corrected chi connectivity index (χ0v) is 15.3. The minimum Gasteiger partial charge on any atom is -1.00 e. The van der Waals surface area contributed by atoms with Gasteiger partial charge in [0.25, 0.3) is 0 Å². The fraction of sp³-hybridized carbons (Fsp3) is 0.500. The van der Waals surface area contributed by atoms with Crippen LogP contribution in [0.2, 0.25) is 0 Å². The van der Waals surface area contributed by atoms with E-state index in [0.29, 0.717) is 10.2 Å². The summed E-state index contributed by atoms with van der Waals surface area (Å²) in [5.74, 6) is -0.563. The maximum Gasteiger partial charge on any atom is 1.00 e. The molecule has 1 N–H and O–H groups in total. The number of aryl methyl sites for hydroxylation is 1. The van der Waals surface area contributed by atoms with E-state index >= 15 is 0 Å². The molecule has 0 saturated carbocycles. The average Bonchev–Trinajstić information content (AvgIpc) is 2.65. The Hall–Kier alpha value is -0.300. The first-order valence-electron chi connectivity index (χ1n) is 5.59. The molecule has 2 heterocycles. The number of carbonyl (C=O) groups excluding carboxylic acids is 1. The molecule has 0 spiro atoms. The Bertz CT molecular complexity index is 564. The monoisotopic (exact) mass is 338 g/mol. The number of hydrogen-bond acceptors (Lipinski definition) is 4. The molecule has 1 aliphatic heterocycles. The van der Waals surface area contributed by atoms with E-state index in [4.69, 9.17) is 4.74 Å². The molecule has 0 fully saturated rings. The SMILES string of the molecule is Cc1nn2c(c1Br)C(O)=C(C(=O)OC(C)(C)C)C2.[H-].[Na+]. The van der Waals surface area contributed by atoms with Crippen molar-refractivity contribution in [3.05, 3.63) is 21.4 Å². The van der Waals surface area contributed by atoms with Gasteiger partial charge < -0.3 is 11.3 Å². The molecular weight excluding hydrogens is 323 g/mol. The van der Waals surface area contributed by atoms with Crippen LogP contribution in [0.5, 0.6) is 0 Å². The predicted octanol–water partition coefficient (Wildman–Crippen LogP) is -0.305. The summed E-state index contributed by atoms with van der Waals surface area (Å²) < 4.78 is 7.55. The van der Waals surface area contributed by atoms with Crippen molar-refractivity contribution in [1.29, 1.82) is 0 Å². The van der Waals surface area contributed by atoms with E-state index in [1.807, 2.05) is 6.92 Å². The number of nitrogens with zero attached hydrogens (tertiary/aromatic N) is 2. The van der Waals surface area contributed by atoms with Gasteiger partial charge in [0, 0.05) is 0 Å². The van der Waals surface area contributed by atoms with Crippen molar-refractivity contribution in [2.75, 3.05) is 0 Å². The van der Waals surface area contributed by atoms with Gasteiger partial charge in [-0.3, -0.25) is 4.68 Å². The van der Waals surface area contributed by atoms with Gasteiger partial charge in [-0.1, -0.05) is 0 Å². The van der Waals surface area contributed by atoms with E-state index in [1.165, 1.54) is 0 Å². The Kier molecular flexibility index (Phi) is 4.93. The molecule has 0 amide bonds. The molecule has 1 aromatic rings. The number of halogens is 1. The van der Waals surface area contributed by atoms with Crippen LogP contribution in [0.1, 0.15) is 33.6 Å². The largest absolute Gasteiger partial charge is 1.00 e. The maximum atomic E-state index is 11.9. The molecular formula is C12H16BrN2NaO3. The smallest absolute Gasteiger partial charge is 1.00 e. The van der Waals surface area contributed by atoms with Crippen LogP contribution in [-0.2, 0) is 16.1 Å². The number of hydrogen-bond donors (Lipinski definition) is 1. The van der Waals surface area contributed by atoms with Crippen LogP contribution >= 0.6 is 15.9 Å². The summed E-state index contributed by atoms with van der Waals surface area (Å²) in [7, 11) is 0. The van der Waals surface area contributed by atoms with Gasteiger partial charge in [-0.15, -0.1) is 0 Å². The van der Waals surface area contributed by atoms with Crippen LogP contribution in [0.15, 0.2) is 10.0 Å². The quantitative estimate of drug-likeness (QED) is 0.564. The van der Waals surface area contributed by atoms with Crippen molar-refractivity contribution in [3.63, 3.8) is 0 Å². The number of ether oxygens (including phenoxy) is 1. The molecule has 1 aromatic heterocycles. The third kappa shape index (κ3) is 3.24. The van der Waals surface area contributed by atoms with Gasteiger partial charge in [-0.25, -0.2) is 4.79 Å². The van der Waals surface area contributed by atoms with E-state index in [0.717, 1.165) is 5.69 Å². The van der Waals surface area contributed by atoms with Gasteiger partial charge >= 0.3 is 35.5 Å². The van der Waals surface area contributed by atoms with E-state index in [2.05, 4.69) is 21.0 Å². The minimum atomic E-state index is -0.581. The molecule has 0 aromatic carbocycles. The van der Waals surface area contributed by atoms with E-state index < -0.39 is 11.6 Å². The molecule has 5 nitrogen and oxygen atoms in total. The molecule has 1 aliphatic rings. The zero-order chi connectivity index (χ0) is 13.7. The number of carbonyl (C=O) groups is 1. The van der Waals surface area contributed by atoms with Crippen molar-refractivity contribution in [2.45, 2.75) is 39.8 Å². The molecule has 0 unspecified atom stereocenters. The van der Waals surface area contributed by atoms with Gasteiger partial charge in [0.1, 0.15) is 16.9 Å². The molecule has 7 heteroatoms. The first-order chi connectivity index (χ1) is 8.20. The van der Waals surface area contributed by atoms with Gasteiger partial charge in [0.2, 0.25) is 0 Å². The number of esters is 1. The van der Waals surface area contributed by atoms with Crippen molar-refractivity contribution in [2.24, 2.45) is 0 Å². The summed E-state index contributed by atoms with van der Waals surface area (Å²) in [6, 6.07) is 0. The summed E-state index contributed by atoms with van der Waals surface area (Å²) in [6.45, 7) is 7.43. The summed E-state index contributed by atoms with van der Waals surface area (Å²) in [5, 5.41) is 14.3. The summed E-state index contributed by atoms with van der Waals surface area (Å²) in [5.41, 5.74) is 0.976. The van der Waals surface area contributed by atoms with Gasteiger partial charge in [-0.05, 0) is 43.6 Å².